The van der Waals surface area contributed by atoms with E-state index in [4.69, 9.17) is 4.18 Å². The summed E-state index contributed by atoms with van der Waals surface area (Å²) in [5.74, 6) is -0.731. The molecule has 1 atom stereocenters. The van der Waals surface area contributed by atoms with Gasteiger partial charge in [0.1, 0.15) is 10.6 Å². The highest BCUT2D eigenvalue weighted by Gasteiger charge is 2.32. The van der Waals surface area contributed by atoms with Crippen molar-refractivity contribution in [3.8, 4) is 5.75 Å². The molecule has 0 N–H and O–H groups in total. The van der Waals surface area contributed by atoms with Crippen molar-refractivity contribution in [2.75, 3.05) is 0 Å². The third-order valence-electron chi connectivity index (χ3n) is 6.83. The summed E-state index contributed by atoms with van der Waals surface area (Å²) in [7, 11) is -4.54. The number of benzene rings is 4. The summed E-state index contributed by atoms with van der Waals surface area (Å²) in [5.41, 5.74) is 1.21. The van der Waals surface area contributed by atoms with Crippen molar-refractivity contribution in [2.24, 2.45) is 0 Å². The molecule has 4 aromatic carbocycles. The molecule has 41 heavy (non-hydrogen) atoms. The molecule has 0 heterocycles. The van der Waals surface area contributed by atoms with Crippen LogP contribution in [-0.2, 0) is 27.6 Å². The van der Waals surface area contributed by atoms with Gasteiger partial charge in [0.05, 0.1) is 11.5 Å². The van der Waals surface area contributed by atoms with E-state index in [9.17, 15) is 26.4 Å². The van der Waals surface area contributed by atoms with Gasteiger partial charge in [-0.25, -0.2) is 0 Å². The van der Waals surface area contributed by atoms with Crippen LogP contribution in [0.4, 0.5) is 13.2 Å². The first-order valence-corrected chi connectivity index (χ1v) is 14.5. The first-order valence-electron chi connectivity index (χ1n) is 13.1. The number of carbonyl (C=O) groups excluding carboxylic acids is 1. The lowest BCUT2D eigenvalue weighted by atomic mass is 9.89. The van der Waals surface area contributed by atoms with Crippen molar-refractivity contribution in [3.05, 3.63) is 131 Å². The van der Waals surface area contributed by atoms with Crippen LogP contribution in [0.25, 0.3) is 0 Å². The molecule has 0 spiro atoms. The van der Waals surface area contributed by atoms with Crippen molar-refractivity contribution in [2.45, 2.75) is 49.8 Å². The first kappa shape index (κ1) is 29.9. The molecule has 0 aromatic heterocycles. The molecule has 0 saturated carbocycles. The SMILES string of the molecule is CCC(C)N(Cc1cccc(OS(=O)(=O)c2cccc(C(F)(F)F)c2)c1)C(=O)C(c1ccccc1)c1ccccc1. The minimum absolute atomic E-state index is 0.0702. The lowest BCUT2D eigenvalue weighted by Crippen LogP contribution is -2.41. The summed E-state index contributed by atoms with van der Waals surface area (Å²) in [5, 5.41) is 0. The van der Waals surface area contributed by atoms with Gasteiger partial charge < -0.3 is 9.08 Å². The Bertz CT molecular complexity index is 1540. The van der Waals surface area contributed by atoms with Gasteiger partial charge in [0.2, 0.25) is 5.91 Å². The predicted octanol–water partition coefficient (Wildman–Crippen LogP) is 7.43. The molecule has 9 heteroatoms. The predicted molar refractivity (Wildman–Crippen MR) is 151 cm³/mol. The number of alkyl halides is 3. The lowest BCUT2D eigenvalue weighted by Gasteiger charge is -2.33. The topological polar surface area (TPSA) is 63.7 Å². The minimum atomic E-state index is -4.70. The maximum absolute atomic E-state index is 14.2. The van der Waals surface area contributed by atoms with Crippen LogP contribution in [0.3, 0.4) is 0 Å². The van der Waals surface area contributed by atoms with Gasteiger partial charge in [0.15, 0.2) is 0 Å². The molecule has 5 nitrogen and oxygen atoms in total. The zero-order valence-electron chi connectivity index (χ0n) is 22.6. The molecule has 0 radical (unpaired) electrons. The van der Waals surface area contributed by atoms with Gasteiger partial charge in [-0.3, -0.25) is 4.79 Å². The van der Waals surface area contributed by atoms with Crippen LogP contribution in [-0.4, -0.2) is 25.3 Å². The normalized spacial score (nSPS) is 12.6. The van der Waals surface area contributed by atoms with Crippen LogP contribution < -0.4 is 4.18 Å². The number of hydrogen-bond donors (Lipinski definition) is 0. The number of halogens is 3. The fourth-order valence-corrected chi connectivity index (χ4v) is 5.47. The minimum Gasteiger partial charge on any atom is -0.379 e. The van der Waals surface area contributed by atoms with Gasteiger partial charge in [0, 0.05) is 12.6 Å². The van der Waals surface area contributed by atoms with E-state index in [0.29, 0.717) is 18.1 Å². The Hall–Kier alpha value is -4.11. The summed E-state index contributed by atoms with van der Waals surface area (Å²) in [6, 6.07) is 28.4. The van der Waals surface area contributed by atoms with E-state index in [1.165, 1.54) is 12.1 Å². The quantitative estimate of drug-likeness (QED) is 0.183. The van der Waals surface area contributed by atoms with E-state index in [1.54, 1.807) is 17.0 Å². The molecule has 0 aliphatic carbocycles. The smallest absolute Gasteiger partial charge is 0.379 e. The molecule has 0 fully saturated rings. The first-order chi connectivity index (χ1) is 19.5. The van der Waals surface area contributed by atoms with Crippen molar-refractivity contribution in [3.63, 3.8) is 0 Å². The Morgan fingerprint density at radius 2 is 1.41 bits per heavy atom. The fraction of sp³-hybridized carbons (Fsp3) is 0.219. The van der Waals surface area contributed by atoms with Gasteiger partial charge in [-0.05, 0) is 60.4 Å². The molecule has 0 bridgehead atoms. The number of rotatable bonds is 10. The van der Waals surface area contributed by atoms with Gasteiger partial charge >= 0.3 is 16.3 Å². The van der Waals surface area contributed by atoms with Crippen LogP contribution >= 0.6 is 0 Å². The Balaban J connectivity index is 1.63. The second-order valence-electron chi connectivity index (χ2n) is 9.69. The Labute approximate surface area is 238 Å². The fourth-order valence-electron chi connectivity index (χ4n) is 4.50. The average Bonchev–Trinajstić information content (AvgIpc) is 2.96. The summed E-state index contributed by atoms with van der Waals surface area (Å²) < 4.78 is 70.2. The zero-order chi connectivity index (χ0) is 29.6. The molecule has 0 saturated heterocycles. The molecule has 4 aromatic rings. The van der Waals surface area contributed by atoms with E-state index < -0.39 is 32.7 Å². The van der Waals surface area contributed by atoms with Crippen molar-refractivity contribution >= 4 is 16.0 Å². The molecule has 1 unspecified atom stereocenters. The molecule has 0 aliphatic heterocycles. The van der Waals surface area contributed by atoms with Crippen LogP contribution in [0.1, 0.15) is 48.4 Å². The van der Waals surface area contributed by atoms with Crippen molar-refractivity contribution < 1.29 is 30.6 Å². The number of amides is 1. The monoisotopic (exact) mass is 581 g/mol. The summed E-state index contributed by atoms with van der Waals surface area (Å²) >= 11 is 0. The third kappa shape index (κ3) is 7.35. The van der Waals surface area contributed by atoms with Gasteiger partial charge in [-0.1, -0.05) is 85.8 Å². The highest BCUT2D eigenvalue weighted by atomic mass is 32.2. The van der Waals surface area contributed by atoms with E-state index in [-0.39, 0.29) is 24.2 Å². The zero-order valence-corrected chi connectivity index (χ0v) is 23.4. The Kier molecular flexibility index (Phi) is 9.18. The van der Waals surface area contributed by atoms with Crippen molar-refractivity contribution in [1.82, 2.24) is 4.90 Å². The summed E-state index contributed by atoms with van der Waals surface area (Å²) in [4.78, 5) is 15.3. The van der Waals surface area contributed by atoms with Crippen LogP contribution in [0, 0.1) is 0 Å². The molecular weight excluding hydrogens is 551 g/mol. The van der Waals surface area contributed by atoms with E-state index >= 15 is 0 Å². The summed E-state index contributed by atoms with van der Waals surface area (Å²) in [6.07, 6.45) is -4.02. The number of carbonyl (C=O) groups is 1. The van der Waals surface area contributed by atoms with E-state index in [1.807, 2.05) is 74.5 Å². The highest BCUT2D eigenvalue weighted by Crippen LogP contribution is 2.32. The largest absolute Gasteiger partial charge is 0.416 e. The second-order valence-corrected chi connectivity index (χ2v) is 11.2. The summed E-state index contributed by atoms with van der Waals surface area (Å²) in [6.45, 7) is 4.10. The standard InChI is InChI=1S/C32H30F3NO4S/c1-3-23(2)36(31(37)30(25-13-6-4-7-14-25)26-15-8-5-9-16-26)22-24-12-10-18-28(20-24)40-41(38,39)29-19-11-17-27(21-29)32(33,34)35/h4-21,23,30H,3,22H2,1-2H3. The maximum Gasteiger partial charge on any atom is 0.416 e. The Morgan fingerprint density at radius 1 is 0.829 bits per heavy atom. The third-order valence-corrected chi connectivity index (χ3v) is 8.07. The molecule has 0 aliphatic rings. The van der Waals surface area contributed by atoms with Gasteiger partial charge in [-0.2, -0.15) is 21.6 Å². The van der Waals surface area contributed by atoms with E-state index in [0.717, 1.165) is 29.3 Å². The average molecular weight is 582 g/mol. The molecule has 214 valence electrons. The van der Waals surface area contributed by atoms with Crippen LogP contribution in [0.5, 0.6) is 5.75 Å². The molecular formula is C32H30F3NO4S. The van der Waals surface area contributed by atoms with Crippen LogP contribution in [0.2, 0.25) is 0 Å². The van der Waals surface area contributed by atoms with E-state index in [2.05, 4.69) is 0 Å². The highest BCUT2D eigenvalue weighted by molar-refractivity contribution is 7.87. The van der Waals surface area contributed by atoms with Crippen molar-refractivity contribution in [1.29, 1.82) is 0 Å². The van der Waals surface area contributed by atoms with Gasteiger partial charge in [-0.15, -0.1) is 0 Å². The lowest BCUT2D eigenvalue weighted by molar-refractivity contribution is -0.137. The molecule has 4 rings (SSSR count). The van der Waals surface area contributed by atoms with Gasteiger partial charge in [0.25, 0.3) is 0 Å². The Morgan fingerprint density at radius 3 is 1.98 bits per heavy atom. The molecule has 1 amide bonds. The number of nitrogens with zero attached hydrogens (tertiary/aromatic N) is 1. The maximum atomic E-state index is 14.2. The number of hydrogen-bond acceptors (Lipinski definition) is 4. The van der Waals surface area contributed by atoms with Crippen LogP contribution in [0.15, 0.2) is 114 Å². The second kappa shape index (κ2) is 12.6.